The predicted molar refractivity (Wildman–Crippen MR) is 76.5 cm³/mol. The number of nitrogens with one attached hydrogen (secondary N) is 1. The molecule has 0 aromatic heterocycles. The van der Waals surface area contributed by atoms with E-state index in [0.717, 1.165) is 17.0 Å². The number of hydrogen-bond acceptors (Lipinski definition) is 4. The van der Waals surface area contributed by atoms with Crippen molar-refractivity contribution >= 4 is 21.8 Å². The molecule has 0 saturated carbocycles. The number of halogens is 3. The molecule has 1 unspecified atom stereocenters. The molecule has 0 aliphatic carbocycles. The molecular weight excluding hydrogens is 337 g/mol. The quantitative estimate of drug-likeness (QED) is 0.879. The van der Waals surface area contributed by atoms with Crippen LogP contribution in [-0.4, -0.2) is 39.5 Å². The van der Waals surface area contributed by atoms with Crippen molar-refractivity contribution in [2.24, 2.45) is 0 Å². The molecule has 1 atom stereocenters. The van der Waals surface area contributed by atoms with Crippen molar-refractivity contribution in [1.82, 2.24) is 4.72 Å². The average molecular weight is 352 g/mol. The zero-order valence-electron chi connectivity index (χ0n) is 12.1. The number of carbonyl (C=O) groups excluding carboxylic acids is 1. The number of benzene rings is 1. The fourth-order valence-electron chi connectivity index (χ4n) is 2.01. The molecule has 2 rings (SSSR count). The Hall–Kier alpha value is -1.81. The molecule has 0 spiro atoms. The van der Waals surface area contributed by atoms with Gasteiger partial charge in [-0.25, -0.2) is 17.9 Å². The lowest BCUT2D eigenvalue weighted by molar-refractivity contribution is -0.137. The van der Waals surface area contributed by atoms with E-state index in [0.29, 0.717) is 0 Å². The summed E-state index contributed by atoms with van der Waals surface area (Å²) in [5.41, 5.74) is -0.830. The second-order valence-corrected chi connectivity index (χ2v) is 7.01. The smallest absolute Gasteiger partial charge is 0.416 e. The molecule has 0 radical (unpaired) electrons. The molecule has 128 valence electrons. The molecule has 1 fully saturated rings. The number of ether oxygens (including phenoxy) is 1. The molecule has 1 N–H and O–H groups in total. The van der Waals surface area contributed by atoms with Crippen LogP contribution in [-0.2, 0) is 20.9 Å². The van der Waals surface area contributed by atoms with Crippen LogP contribution in [0.1, 0.15) is 12.5 Å². The van der Waals surface area contributed by atoms with Crippen molar-refractivity contribution in [2.45, 2.75) is 19.2 Å². The summed E-state index contributed by atoms with van der Waals surface area (Å²) in [4.78, 5) is 12.8. The third kappa shape index (κ3) is 4.35. The van der Waals surface area contributed by atoms with Crippen molar-refractivity contribution in [3.05, 3.63) is 29.8 Å². The highest BCUT2D eigenvalue weighted by Gasteiger charge is 2.35. The number of alkyl halides is 3. The van der Waals surface area contributed by atoms with Crippen LogP contribution in [0.5, 0.6) is 0 Å². The molecule has 1 heterocycles. The molecule has 1 aliphatic heterocycles. The van der Waals surface area contributed by atoms with Crippen LogP contribution in [0, 0.1) is 0 Å². The molecular formula is C13H15F3N2O4S. The van der Waals surface area contributed by atoms with Crippen LogP contribution in [0.15, 0.2) is 24.3 Å². The topological polar surface area (TPSA) is 75.7 Å². The van der Waals surface area contributed by atoms with Gasteiger partial charge in [0.15, 0.2) is 0 Å². The maximum atomic E-state index is 12.7. The SMILES string of the molecule is CCS(=O)(=O)NCC1CN(c2cccc(C(F)(F)F)c2)C(=O)O1. The van der Waals surface area contributed by atoms with E-state index in [-0.39, 0.29) is 24.5 Å². The minimum Gasteiger partial charge on any atom is -0.443 e. The Morgan fingerprint density at radius 3 is 2.70 bits per heavy atom. The lowest BCUT2D eigenvalue weighted by atomic mass is 10.2. The number of hydrogen-bond donors (Lipinski definition) is 1. The lowest BCUT2D eigenvalue weighted by Gasteiger charge is -2.15. The molecule has 1 amide bonds. The van der Waals surface area contributed by atoms with Gasteiger partial charge >= 0.3 is 12.3 Å². The summed E-state index contributed by atoms with van der Waals surface area (Å²) in [7, 11) is -3.44. The first-order valence-electron chi connectivity index (χ1n) is 6.75. The first kappa shape index (κ1) is 17.5. The standard InChI is InChI=1S/C13H15F3N2O4S/c1-2-23(20,21)17-7-11-8-18(12(19)22-11)10-5-3-4-9(6-10)13(14,15)16/h3-6,11,17H,2,7-8H2,1H3. The Morgan fingerprint density at radius 2 is 2.09 bits per heavy atom. The highest BCUT2D eigenvalue weighted by Crippen LogP contribution is 2.32. The van der Waals surface area contributed by atoms with E-state index < -0.39 is 34.0 Å². The zero-order valence-corrected chi connectivity index (χ0v) is 12.9. The largest absolute Gasteiger partial charge is 0.443 e. The molecule has 1 saturated heterocycles. The van der Waals surface area contributed by atoms with Gasteiger partial charge in [0.2, 0.25) is 10.0 Å². The number of amides is 1. The van der Waals surface area contributed by atoms with Crippen molar-refractivity contribution in [3.63, 3.8) is 0 Å². The predicted octanol–water partition coefficient (Wildman–Crippen LogP) is 1.97. The summed E-state index contributed by atoms with van der Waals surface area (Å²) in [6.45, 7) is 1.29. The van der Waals surface area contributed by atoms with E-state index in [4.69, 9.17) is 4.74 Å². The van der Waals surface area contributed by atoms with Crippen LogP contribution in [0.4, 0.5) is 23.7 Å². The van der Waals surface area contributed by atoms with Gasteiger partial charge < -0.3 is 4.74 Å². The molecule has 6 nitrogen and oxygen atoms in total. The monoisotopic (exact) mass is 352 g/mol. The van der Waals surface area contributed by atoms with Gasteiger partial charge in [0.1, 0.15) is 6.10 Å². The van der Waals surface area contributed by atoms with E-state index in [1.54, 1.807) is 0 Å². The van der Waals surface area contributed by atoms with Gasteiger partial charge in [-0.05, 0) is 25.1 Å². The van der Waals surface area contributed by atoms with E-state index >= 15 is 0 Å². The number of rotatable bonds is 5. The summed E-state index contributed by atoms with van der Waals surface area (Å²) < 4.78 is 68.1. The highest BCUT2D eigenvalue weighted by atomic mass is 32.2. The minimum absolute atomic E-state index is 0.0353. The van der Waals surface area contributed by atoms with Crippen LogP contribution in [0.3, 0.4) is 0 Å². The van der Waals surface area contributed by atoms with Crippen molar-refractivity contribution in [3.8, 4) is 0 Å². The molecule has 0 bridgehead atoms. The van der Waals surface area contributed by atoms with Gasteiger partial charge in [-0.1, -0.05) is 6.07 Å². The van der Waals surface area contributed by atoms with E-state index in [1.807, 2.05) is 0 Å². The molecule has 23 heavy (non-hydrogen) atoms. The Bertz CT molecular complexity index is 691. The molecule has 1 aromatic carbocycles. The first-order chi connectivity index (χ1) is 10.6. The average Bonchev–Trinajstić information content (AvgIpc) is 2.86. The van der Waals surface area contributed by atoms with E-state index in [9.17, 15) is 26.4 Å². The third-order valence-electron chi connectivity index (χ3n) is 3.27. The Balaban J connectivity index is 2.09. The first-order valence-corrected chi connectivity index (χ1v) is 8.40. The maximum Gasteiger partial charge on any atom is 0.416 e. The third-order valence-corrected chi connectivity index (χ3v) is 4.64. The Labute approximate surface area is 131 Å². The fraction of sp³-hybridized carbons (Fsp3) is 0.462. The van der Waals surface area contributed by atoms with Gasteiger partial charge in [0.05, 0.1) is 17.9 Å². The van der Waals surface area contributed by atoms with E-state index in [2.05, 4.69) is 4.72 Å². The zero-order chi connectivity index (χ0) is 17.3. The molecule has 1 aliphatic rings. The Kier molecular flexibility index (Phi) is 4.85. The minimum atomic E-state index is -4.52. The van der Waals surface area contributed by atoms with Crippen molar-refractivity contribution < 1.29 is 31.1 Å². The number of anilines is 1. The van der Waals surface area contributed by atoms with Crippen molar-refractivity contribution in [2.75, 3.05) is 23.7 Å². The van der Waals surface area contributed by atoms with Crippen LogP contribution in [0.25, 0.3) is 0 Å². The van der Waals surface area contributed by atoms with Gasteiger partial charge in [-0.15, -0.1) is 0 Å². The normalized spacial score (nSPS) is 19.0. The second-order valence-electron chi connectivity index (χ2n) is 4.92. The Morgan fingerprint density at radius 1 is 1.39 bits per heavy atom. The van der Waals surface area contributed by atoms with E-state index in [1.165, 1.54) is 19.1 Å². The van der Waals surface area contributed by atoms with Gasteiger partial charge in [0, 0.05) is 12.2 Å². The second kappa shape index (κ2) is 6.36. The van der Waals surface area contributed by atoms with Crippen LogP contribution in [0.2, 0.25) is 0 Å². The number of carbonyl (C=O) groups is 1. The lowest BCUT2D eigenvalue weighted by Crippen LogP contribution is -2.35. The number of sulfonamides is 1. The molecule has 10 heteroatoms. The summed E-state index contributed by atoms with van der Waals surface area (Å²) in [5.74, 6) is -0.120. The molecule has 1 aromatic rings. The van der Waals surface area contributed by atoms with Crippen LogP contribution >= 0.6 is 0 Å². The number of cyclic esters (lactones) is 1. The summed E-state index contributed by atoms with van der Waals surface area (Å²) in [6.07, 6.45) is -6.10. The van der Waals surface area contributed by atoms with Gasteiger partial charge in [0.25, 0.3) is 0 Å². The number of nitrogens with zero attached hydrogens (tertiary/aromatic N) is 1. The summed E-state index contributed by atoms with van der Waals surface area (Å²) in [5, 5.41) is 0. The fourth-order valence-corrected chi connectivity index (χ4v) is 2.65. The maximum absolute atomic E-state index is 12.7. The highest BCUT2D eigenvalue weighted by molar-refractivity contribution is 7.89. The van der Waals surface area contributed by atoms with Crippen molar-refractivity contribution in [1.29, 1.82) is 0 Å². The van der Waals surface area contributed by atoms with Gasteiger partial charge in [-0.2, -0.15) is 13.2 Å². The van der Waals surface area contributed by atoms with Crippen LogP contribution < -0.4 is 9.62 Å². The summed E-state index contributed by atoms with van der Waals surface area (Å²) in [6, 6.07) is 4.30. The summed E-state index contributed by atoms with van der Waals surface area (Å²) >= 11 is 0. The van der Waals surface area contributed by atoms with Gasteiger partial charge in [-0.3, -0.25) is 4.90 Å².